The van der Waals surface area contributed by atoms with Crippen molar-refractivity contribution in [2.24, 2.45) is 0 Å². The van der Waals surface area contributed by atoms with Gasteiger partial charge in [-0.15, -0.1) is 0 Å². The highest BCUT2D eigenvalue weighted by Crippen LogP contribution is 2.35. The summed E-state index contributed by atoms with van der Waals surface area (Å²) in [6.07, 6.45) is -4.74. The second-order valence-corrected chi connectivity index (χ2v) is 3.25. The second kappa shape index (κ2) is 3.45. The van der Waals surface area contributed by atoms with Gasteiger partial charge < -0.3 is 10.4 Å². The molecule has 0 aliphatic carbocycles. The molecule has 0 radical (unpaired) electrons. The summed E-state index contributed by atoms with van der Waals surface area (Å²) in [6, 6.07) is 0. The molecule has 0 unspecified atom stereocenters. The molecule has 0 bridgehead atoms. The van der Waals surface area contributed by atoms with E-state index in [1.54, 1.807) is 0 Å². The summed E-state index contributed by atoms with van der Waals surface area (Å²) in [7, 11) is 1.37. The Bertz CT molecular complexity index is 360. The van der Waals surface area contributed by atoms with E-state index in [9.17, 15) is 18.0 Å². The zero-order valence-electron chi connectivity index (χ0n) is 6.84. The molecule has 0 aliphatic heterocycles. The van der Waals surface area contributed by atoms with Gasteiger partial charge in [-0.1, -0.05) is 11.3 Å². The van der Waals surface area contributed by atoms with Crippen LogP contribution in [-0.4, -0.2) is 23.1 Å². The molecule has 1 aromatic heterocycles. The van der Waals surface area contributed by atoms with E-state index in [1.165, 1.54) is 7.05 Å². The molecule has 0 aromatic carbocycles. The summed E-state index contributed by atoms with van der Waals surface area (Å²) in [5.41, 5.74) is -1.36. The van der Waals surface area contributed by atoms with Crippen LogP contribution in [-0.2, 0) is 6.18 Å². The van der Waals surface area contributed by atoms with Crippen molar-refractivity contribution < 1.29 is 23.1 Å². The fraction of sp³-hybridized carbons (Fsp3) is 0.333. The average molecular weight is 226 g/mol. The number of hydrogen-bond acceptors (Lipinski definition) is 4. The Kier molecular flexibility index (Phi) is 2.65. The summed E-state index contributed by atoms with van der Waals surface area (Å²) < 4.78 is 36.6. The Morgan fingerprint density at radius 3 is 2.43 bits per heavy atom. The van der Waals surface area contributed by atoms with Crippen molar-refractivity contribution in [3.63, 3.8) is 0 Å². The highest BCUT2D eigenvalue weighted by molar-refractivity contribution is 7.17. The summed E-state index contributed by atoms with van der Waals surface area (Å²) in [5, 5.41) is 10.8. The monoisotopic (exact) mass is 226 g/mol. The maximum atomic E-state index is 12.2. The number of alkyl halides is 3. The van der Waals surface area contributed by atoms with Crippen LogP contribution < -0.4 is 5.32 Å². The van der Waals surface area contributed by atoms with E-state index in [2.05, 4.69) is 10.3 Å². The lowest BCUT2D eigenvalue weighted by Crippen LogP contribution is -2.11. The Labute approximate surface area is 80.4 Å². The summed E-state index contributed by atoms with van der Waals surface area (Å²) in [4.78, 5) is 12.8. The Morgan fingerprint density at radius 1 is 1.57 bits per heavy atom. The van der Waals surface area contributed by atoms with Gasteiger partial charge in [0.1, 0.15) is 4.88 Å². The summed E-state index contributed by atoms with van der Waals surface area (Å²) in [6.45, 7) is 0. The lowest BCUT2D eigenvalue weighted by molar-refractivity contribution is -0.141. The lowest BCUT2D eigenvalue weighted by Gasteiger charge is -2.02. The van der Waals surface area contributed by atoms with Gasteiger partial charge in [-0.25, -0.2) is 9.78 Å². The van der Waals surface area contributed by atoms with Crippen LogP contribution in [0.4, 0.5) is 18.3 Å². The zero-order valence-corrected chi connectivity index (χ0v) is 7.66. The number of rotatable bonds is 2. The van der Waals surface area contributed by atoms with E-state index >= 15 is 0 Å². The van der Waals surface area contributed by atoms with Crippen LogP contribution in [0.3, 0.4) is 0 Å². The first-order valence-electron chi connectivity index (χ1n) is 3.35. The Morgan fingerprint density at radius 2 is 2.14 bits per heavy atom. The fourth-order valence-electron chi connectivity index (χ4n) is 0.764. The molecule has 1 rings (SSSR count). The van der Waals surface area contributed by atoms with Crippen molar-refractivity contribution in [3.05, 3.63) is 10.6 Å². The third-order valence-electron chi connectivity index (χ3n) is 1.30. The number of hydrogen-bond donors (Lipinski definition) is 2. The Balaban J connectivity index is 3.26. The Hall–Kier alpha value is -1.31. The van der Waals surface area contributed by atoms with Gasteiger partial charge in [-0.2, -0.15) is 13.2 Å². The molecule has 0 atom stereocenters. The number of halogens is 3. The van der Waals surface area contributed by atoms with Crippen LogP contribution in [0.15, 0.2) is 0 Å². The highest BCUT2D eigenvalue weighted by atomic mass is 32.1. The number of thiazole rings is 1. The molecule has 78 valence electrons. The largest absolute Gasteiger partial charge is 0.477 e. The van der Waals surface area contributed by atoms with Crippen molar-refractivity contribution in [1.29, 1.82) is 0 Å². The first-order valence-corrected chi connectivity index (χ1v) is 4.17. The third kappa shape index (κ3) is 1.95. The van der Waals surface area contributed by atoms with Gasteiger partial charge in [-0.3, -0.25) is 0 Å². The molecule has 14 heavy (non-hydrogen) atoms. The van der Waals surface area contributed by atoms with Crippen LogP contribution >= 0.6 is 11.3 Å². The van der Waals surface area contributed by atoms with Crippen LogP contribution in [0.25, 0.3) is 0 Å². The summed E-state index contributed by atoms with van der Waals surface area (Å²) in [5.74, 6) is -1.63. The van der Waals surface area contributed by atoms with Crippen molar-refractivity contribution >= 4 is 22.4 Å². The number of aromatic carboxylic acids is 1. The molecule has 8 heteroatoms. The molecule has 0 fully saturated rings. The molecular weight excluding hydrogens is 221 g/mol. The molecule has 1 heterocycles. The van der Waals surface area contributed by atoms with Gasteiger partial charge >= 0.3 is 12.1 Å². The molecular formula is C6H5F3N2O2S. The van der Waals surface area contributed by atoms with Crippen molar-refractivity contribution in [2.75, 3.05) is 12.4 Å². The predicted octanol–water partition coefficient (Wildman–Crippen LogP) is 1.90. The number of carboxylic acids is 1. The number of anilines is 1. The molecule has 0 spiro atoms. The normalized spacial score (nSPS) is 11.4. The van der Waals surface area contributed by atoms with Gasteiger partial charge in [0, 0.05) is 7.05 Å². The van der Waals surface area contributed by atoms with Gasteiger partial charge in [0.05, 0.1) is 0 Å². The number of carbonyl (C=O) groups is 1. The van der Waals surface area contributed by atoms with Crippen molar-refractivity contribution in [1.82, 2.24) is 4.98 Å². The maximum Gasteiger partial charge on any atom is 0.435 e. The van der Waals surface area contributed by atoms with E-state index in [0.29, 0.717) is 11.3 Å². The molecule has 4 nitrogen and oxygen atoms in total. The molecule has 0 saturated carbocycles. The molecule has 0 saturated heterocycles. The highest BCUT2D eigenvalue weighted by Gasteiger charge is 2.39. The number of carboxylic acid groups (broad SMARTS) is 1. The van der Waals surface area contributed by atoms with E-state index in [0.717, 1.165) is 0 Å². The topological polar surface area (TPSA) is 62.2 Å². The van der Waals surface area contributed by atoms with E-state index in [1.807, 2.05) is 0 Å². The molecule has 2 N–H and O–H groups in total. The maximum absolute atomic E-state index is 12.2. The predicted molar refractivity (Wildman–Crippen MR) is 43.6 cm³/mol. The minimum atomic E-state index is -4.74. The van der Waals surface area contributed by atoms with Gasteiger partial charge in [-0.05, 0) is 0 Å². The zero-order chi connectivity index (χ0) is 10.9. The number of nitrogens with one attached hydrogen (secondary N) is 1. The van der Waals surface area contributed by atoms with Gasteiger partial charge in [0.15, 0.2) is 10.8 Å². The number of nitrogens with zero attached hydrogens (tertiary/aromatic N) is 1. The van der Waals surface area contributed by atoms with E-state index < -0.39 is 22.7 Å². The van der Waals surface area contributed by atoms with Gasteiger partial charge in [0.25, 0.3) is 0 Å². The SMILES string of the molecule is CNc1nc(C(F)(F)F)c(C(=O)O)s1. The van der Waals surface area contributed by atoms with E-state index in [-0.39, 0.29) is 5.13 Å². The molecule has 0 amide bonds. The first kappa shape index (κ1) is 10.8. The quantitative estimate of drug-likeness (QED) is 0.808. The fourth-order valence-corrected chi connectivity index (χ4v) is 1.54. The minimum absolute atomic E-state index is 0.0743. The molecule has 0 aliphatic rings. The second-order valence-electron chi connectivity index (χ2n) is 2.25. The third-order valence-corrected chi connectivity index (χ3v) is 2.36. The first-order chi connectivity index (χ1) is 6.36. The van der Waals surface area contributed by atoms with Crippen LogP contribution in [0.5, 0.6) is 0 Å². The lowest BCUT2D eigenvalue weighted by atomic mass is 10.3. The minimum Gasteiger partial charge on any atom is -0.477 e. The summed E-state index contributed by atoms with van der Waals surface area (Å²) >= 11 is 0.453. The van der Waals surface area contributed by atoms with Gasteiger partial charge in [0.2, 0.25) is 0 Å². The van der Waals surface area contributed by atoms with Crippen LogP contribution in [0.2, 0.25) is 0 Å². The number of aromatic nitrogens is 1. The smallest absolute Gasteiger partial charge is 0.435 e. The average Bonchev–Trinajstić information content (AvgIpc) is 2.46. The van der Waals surface area contributed by atoms with Crippen LogP contribution in [0, 0.1) is 0 Å². The van der Waals surface area contributed by atoms with Crippen LogP contribution in [0.1, 0.15) is 15.4 Å². The standard InChI is InChI=1S/C6H5F3N2O2S/c1-10-5-11-3(6(7,8)9)2(14-5)4(12)13/h1H3,(H,10,11)(H,12,13). The molecule has 1 aromatic rings. The van der Waals surface area contributed by atoms with Crippen molar-refractivity contribution in [2.45, 2.75) is 6.18 Å². The van der Waals surface area contributed by atoms with Crippen molar-refractivity contribution in [3.8, 4) is 0 Å². The van der Waals surface area contributed by atoms with E-state index in [4.69, 9.17) is 5.11 Å².